The quantitative estimate of drug-likeness (QED) is 0.855. The summed E-state index contributed by atoms with van der Waals surface area (Å²) in [6.45, 7) is 1.40. The van der Waals surface area contributed by atoms with Crippen molar-refractivity contribution in [2.24, 2.45) is 0 Å². The zero-order chi connectivity index (χ0) is 11.4. The molecule has 2 heterocycles. The average molecular weight is 241 g/mol. The van der Waals surface area contributed by atoms with Gasteiger partial charge in [0.1, 0.15) is 5.69 Å². The molecule has 0 radical (unpaired) electrons. The predicted molar refractivity (Wildman–Crippen MR) is 60.6 cm³/mol. The molecule has 0 saturated carbocycles. The molecule has 0 aliphatic carbocycles. The number of nitrogens with zero attached hydrogens (tertiary/aromatic N) is 1. The van der Waals surface area contributed by atoms with Crippen LogP contribution in [-0.4, -0.2) is 30.1 Å². The molecule has 1 aliphatic heterocycles. The van der Waals surface area contributed by atoms with Crippen LogP contribution in [0.1, 0.15) is 23.3 Å². The van der Waals surface area contributed by atoms with Gasteiger partial charge in [-0.05, 0) is 25.0 Å². The first kappa shape index (κ1) is 11.4. The summed E-state index contributed by atoms with van der Waals surface area (Å²) in [5.41, 5.74) is 0.360. The Kier molecular flexibility index (Phi) is 3.74. The molecule has 1 N–H and O–H groups in total. The first-order chi connectivity index (χ1) is 7.75. The molecule has 1 amide bonds. The van der Waals surface area contributed by atoms with Gasteiger partial charge >= 0.3 is 0 Å². The maximum Gasteiger partial charge on any atom is 0.270 e. The van der Waals surface area contributed by atoms with Gasteiger partial charge in [0.2, 0.25) is 0 Å². The summed E-state index contributed by atoms with van der Waals surface area (Å²) in [6, 6.07) is 3.39. The molecule has 2 rings (SSSR count). The molecule has 1 aromatic heterocycles. The second kappa shape index (κ2) is 5.27. The summed E-state index contributed by atoms with van der Waals surface area (Å²) in [6.07, 6.45) is 3.24. The predicted octanol–water partition coefficient (Wildman–Crippen LogP) is 1.64. The van der Waals surface area contributed by atoms with E-state index in [4.69, 9.17) is 16.3 Å². The number of carbonyl (C=O) groups excluding carboxylic acids is 1. The Morgan fingerprint density at radius 1 is 1.50 bits per heavy atom. The Labute approximate surface area is 99.0 Å². The lowest BCUT2D eigenvalue weighted by atomic mass is 10.1. The zero-order valence-electron chi connectivity index (χ0n) is 8.78. The van der Waals surface area contributed by atoms with Gasteiger partial charge in [-0.15, -0.1) is 0 Å². The minimum atomic E-state index is -0.172. The van der Waals surface area contributed by atoms with Crippen LogP contribution in [-0.2, 0) is 4.74 Å². The lowest BCUT2D eigenvalue weighted by Gasteiger charge is -2.22. The summed E-state index contributed by atoms with van der Waals surface area (Å²) in [5.74, 6) is -0.172. The van der Waals surface area contributed by atoms with Crippen molar-refractivity contribution in [2.75, 3.05) is 13.2 Å². The van der Waals surface area contributed by atoms with Gasteiger partial charge in [-0.2, -0.15) is 0 Å². The van der Waals surface area contributed by atoms with Gasteiger partial charge in [0.05, 0.1) is 0 Å². The van der Waals surface area contributed by atoms with E-state index in [2.05, 4.69) is 10.3 Å². The summed E-state index contributed by atoms with van der Waals surface area (Å²) in [5, 5.41) is 3.44. The van der Waals surface area contributed by atoms with Crippen molar-refractivity contribution in [2.45, 2.75) is 18.9 Å². The number of nitrogens with one attached hydrogen (secondary N) is 1. The Hall–Kier alpha value is -1.13. The molecule has 1 aromatic rings. The molecule has 0 unspecified atom stereocenters. The van der Waals surface area contributed by atoms with E-state index in [9.17, 15) is 4.79 Å². The van der Waals surface area contributed by atoms with E-state index >= 15 is 0 Å². The fourth-order valence-electron chi connectivity index (χ4n) is 1.63. The Morgan fingerprint density at radius 2 is 2.25 bits per heavy atom. The smallest absolute Gasteiger partial charge is 0.270 e. The van der Waals surface area contributed by atoms with Crippen molar-refractivity contribution in [3.05, 3.63) is 29.0 Å². The minimum absolute atomic E-state index is 0.172. The van der Waals surface area contributed by atoms with Gasteiger partial charge in [0, 0.05) is 30.5 Å². The SMILES string of the molecule is O=C(NC1CCOCC1)c1cc(Cl)ccn1. The number of halogens is 1. The topological polar surface area (TPSA) is 51.2 Å². The highest BCUT2D eigenvalue weighted by Crippen LogP contribution is 2.10. The summed E-state index contributed by atoms with van der Waals surface area (Å²) < 4.78 is 5.22. The third-order valence-electron chi connectivity index (χ3n) is 2.51. The van der Waals surface area contributed by atoms with Crippen molar-refractivity contribution in [3.8, 4) is 0 Å². The molecule has 0 atom stereocenters. The van der Waals surface area contributed by atoms with Crippen molar-refractivity contribution in [1.29, 1.82) is 0 Å². The molecular formula is C11H13ClN2O2. The minimum Gasteiger partial charge on any atom is -0.381 e. The Morgan fingerprint density at radius 3 is 2.94 bits per heavy atom. The first-order valence-electron chi connectivity index (χ1n) is 5.26. The summed E-state index contributed by atoms with van der Waals surface area (Å²) >= 11 is 5.79. The number of pyridine rings is 1. The van der Waals surface area contributed by atoms with Crippen molar-refractivity contribution in [1.82, 2.24) is 10.3 Å². The Balaban J connectivity index is 1.97. The second-order valence-corrected chi connectivity index (χ2v) is 4.16. The van der Waals surface area contributed by atoms with Crippen LogP contribution >= 0.6 is 11.6 Å². The van der Waals surface area contributed by atoms with E-state index in [1.54, 1.807) is 12.1 Å². The van der Waals surface area contributed by atoms with Crippen molar-refractivity contribution in [3.63, 3.8) is 0 Å². The van der Waals surface area contributed by atoms with Crippen LogP contribution in [0.25, 0.3) is 0 Å². The van der Waals surface area contributed by atoms with Crippen molar-refractivity contribution >= 4 is 17.5 Å². The van der Waals surface area contributed by atoms with E-state index in [-0.39, 0.29) is 11.9 Å². The van der Waals surface area contributed by atoms with E-state index < -0.39 is 0 Å². The third kappa shape index (κ3) is 2.93. The molecule has 1 aliphatic rings. The van der Waals surface area contributed by atoms with Gasteiger partial charge in [-0.3, -0.25) is 9.78 Å². The Bertz CT molecular complexity index is 378. The van der Waals surface area contributed by atoms with Gasteiger partial charge in [-0.25, -0.2) is 0 Å². The van der Waals surface area contributed by atoms with E-state index in [1.165, 1.54) is 6.20 Å². The van der Waals surface area contributed by atoms with E-state index in [0.717, 1.165) is 12.8 Å². The van der Waals surface area contributed by atoms with Crippen LogP contribution in [0.15, 0.2) is 18.3 Å². The number of amides is 1. The molecule has 0 aromatic carbocycles. The number of carbonyl (C=O) groups is 1. The largest absolute Gasteiger partial charge is 0.381 e. The fraction of sp³-hybridized carbons (Fsp3) is 0.455. The fourth-order valence-corrected chi connectivity index (χ4v) is 1.79. The average Bonchev–Trinajstić information content (AvgIpc) is 2.30. The first-order valence-corrected chi connectivity index (χ1v) is 5.63. The molecule has 1 saturated heterocycles. The van der Waals surface area contributed by atoms with Gasteiger partial charge < -0.3 is 10.1 Å². The number of rotatable bonds is 2. The maximum atomic E-state index is 11.8. The summed E-state index contributed by atoms with van der Waals surface area (Å²) in [4.78, 5) is 15.8. The van der Waals surface area contributed by atoms with Gasteiger partial charge in [-0.1, -0.05) is 11.6 Å². The molecule has 16 heavy (non-hydrogen) atoms. The van der Waals surface area contributed by atoms with E-state index in [1.807, 2.05) is 0 Å². The van der Waals surface area contributed by atoms with Crippen LogP contribution in [0.5, 0.6) is 0 Å². The molecule has 5 heteroatoms. The normalized spacial score (nSPS) is 17.1. The van der Waals surface area contributed by atoms with Crippen LogP contribution < -0.4 is 5.32 Å². The molecule has 86 valence electrons. The highest BCUT2D eigenvalue weighted by atomic mass is 35.5. The number of aromatic nitrogens is 1. The number of hydrogen-bond acceptors (Lipinski definition) is 3. The lowest BCUT2D eigenvalue weighted by Crippen LogP contribution is -2.39. The summed E-state index contributed by atoms with van der Waals surface area (Å²) in [7, 11) is 0. The van der Waals surface area contributed by atoms with E-state index in [0.29, 0.717) is 23.9 Å². The monoisotopic (exact) mass is 240 g/mol. The van der Waals surface area contributed by atoms with Crippen molar-refractivity contribution < 1.29 is 9.53 Å². The highest BCUT2D eigenvalue weighted by molar-refractivity contribution is 6.30. The maximum absolute atomic E-state index is 11.8. The number of hydrogen-bond donors (Lipinski definition) is 1. The zero-order valence-corrected chi connectivity index (χ0v) is 9.54. The second-order valence-electron chi connectivity index (χ2n) is 3.72. The third-order valence-corrected chi connectivity index (χ3v) is 2.75. The van der Waals surface area contributed by atoms with Crippen LogP contribution in [0.3, 0.4) is 0 Å². The highest BCUT2D eigenvalue weighted by Gasteiger charge is 2.17. The molecule has 1 fully saturated rings. The van der Waals surface area contributed by atoms with Crippen LogP contribution in [0, 0.1) is 0 Å². The van der Waals surface area contributed by atoms with Gasteiger partial charge in [0.25, 0.3) is 5.91 Å². The molecule has 0 spiro atoms. The van der Waals surface area contributed by atoms with Crippen LogP contribution in [0.4, 0.5) is 0 Å². The lowest BCUT2D eigenvalue weighted by molar-refractivity contribution is 0.0694. The number of ether oxygens (including phenoxy) is 1. The molecule has 0 bridgehead atoms. The molecule has 4 nitrogen and oxygen atoms in total. The molecular weight excluding hydrogens is 228 g/mol. The van der Waals surface area contributed by atoms with Crippen LogP contribution in [0.2, 0.25) is 5.02 Å². The standard InChI is InChI=1S/C11H13ClN2O2/c12-8-1-4-13-10(7-8)11(15)14-9-2-5-16-6-3-9/h1,4,7,9H,2-3,5-6H2,(H,14,15). The van der Waals surface area contributed by atoms with Gasteiger partial charge in [0.15, 0.2) is 0 Å².